The molecule has 10 nitrogen and oxygen atoms in total. The second-order valence-electron chi connectivity index (χ2n) is 27.2. The van der Waals surface area contributed by atoms with Gasteiger partial charge in [0, 0.05) is 85.3 Å². The Morgan fingerprint density at radius 3 is 1.09 bits per heavy atom. The Morgan fingerprint density at radius 2 is 0.570 bits per heavy atom. The smallest absolute Gasteiger partial charge is 0.166 e. The number of benzene rings is 13. The Bertz CT molecular complexity index is 6530. The first-order valence-electron chi connectivity index (χ1n) is 36.0. The largest absolute Gasteiger partial charge is 0.308 e. The normalized spacial score (nSPS) is 11.5. The van der Waals surface area contributed by atoms with E-state index < -0.39 is 0 Å². The predicted octanol–water partition coefficient (Wildman–Crippen LogP) is 24.0. The Morgan fingerprint density at radius 1 is 0.196 bits per heavy atom. The molecule has 0 saturated carbocycles. The Hall–Kier alpha value is -14.2. The van der Waals surface area contributed by atoms with Crippen molar-refractivity contribution in [2.45, 2.75) is 20.8 Å². The number of aromatic nitrogens is 10. The van der Waals surface area contributed by atoms with E-state index in [0.717, 1.165) is 150 Å². The lowest BCUT2D eigenvalue weighted by Crippen LogP contribution is -2.04. The van der Waals surface area contributed by atoms with Crippen LogP contribution in [0.5, 0.6) is 0 Å². The van der Waals surface area contributed by atoms with Crippen molar-refractivity contribution < 1.29 is 0 Å². The monoisotopic (exact) mass is 1370 g/mol. The van der Waals surface area contributed by atoms with E-state index in [-0.39, 0.29) is 0 Å². The lowest BCUT2D eigenvalue weighted by atomic mass is 9.91. The fourth-order valence-electron chi connectivity index (χ4n) is 15.4. The van der Waals surface area contributed by atoms with Gasteiger partial charge in [-0.25, -0.2) is 29.9 Å². The van der Waals surface area contributed by atoms with Gasteiger partial charge in [-0.05, 0) is 178 Å². The molecule has 0 aliphatic heterocycles. The lowest BCUT2D eigenvalue weighted by molar-refractivity contribution is 1.06. The molecule has 6 heterocycles. The van der Waals surface area contributed by atoms with Gasteiger partial charge in [0.05, 0.1) is 33.4 Å². The van der Waals surface area contributed by atoms with E-state index in [0.29, 0.717) is 34.9 Å². The fourth-order valence-corrected chi connectivity index (χ4v) is 15.4. The number of para-hydroxylation sites is 1. The molecule has 19 aromatic rings. The molecular formula is C97H66N10. The molecule has 0 amide bonds. The van der Waals surface area contributed by atoms with Crippen LogP contribution >= 0.6 is 0 Å². The topological polar surface area (TPSA) is 113 Å². The van der Waals surface area contributed by atoms with E-state index in [1.54, 1.807) is 0 Å². The summed E-state index contributed by atoms with van der Waals surface area (Å²) in [6.07, 6.45) is 7.59. The molecule has 504 valence electrons. The van der Waals surface area contributed by atoms with Gasteiger partial charge in [-0.15, -0.1) is 0 Å². The number of nitrogens with zero attached hydrogens (tertiary/aromatic N) is 10. The summed E-state index contributed by atoms with van der Waals surface area (Å²) in [7, 11) is 0. The number of hydrogen-bond donors (Lipinski definition) is 0. The van der Waals surface area contributed by atoms with E-state index in [2.05, 4.69) is 284 Å². The van der Waals surface area contributed by atoms with Crippen LogP contribution < -0.4 is 0 Å². The van der Waals surface area contributed by atoms with Crippen LogP contribution in [-0.2, 0) is 0 Å². The SMILES string of the molecule is Cc1ccccc1-c1ccc2c(c1)c1cc(-c3ccc(-c4cnccc4-c4ccc(-c5nc(-c6ccccc6)nc(-c6ccccc6)n5)c(-n5c6ccccc6c6ccc(-c7ccccc7C)cc65)c4)cc3C)ccc1n2-c1cc(-c2ccncc2)ccc1-c1nc(-c2ccccc2)nc(-c2ccccc2)n1. The average Bonchev–Trinajstić information content (AvgIpc) is 1.62. The highest BCUT2D eigenvalue weighted by Crippen LogP contribution is 2.45. The highest BCUT2D eigenvalue weighted by molar-refractivity contribution is 6.13. The molecule has 10 heteroatoms. The summed E-state index contributed by atoms with van der Waals surface area (Å²) in [5, 5.41) is 4.51. The summed E-state index contributed by atoms with van der Waals surface area (Å²) in [6.45, 7) is 6.59. The summed E-state index contributed by atoms with van der Waals surface area (Å²) in [5.41, 5.74) is 27.9. The summed E-state index contributed by atoms with van der Waals surface area (Å²) < 4.78 is 4.81. The Labute approximate surface area is 619 Å². The van der Waals surface area contributed by atoms with E-state index in [1.807, 2.05) is 97.6 Å². The first kappa shape index (κ1) is 63.7. The number of hydrogen-bond acceptors (Lipinski definition) is 8. The van der Waals surface area contributed by atoms with Crippen molar-refractivity contribution in [3.05, 3.63) is 363 Å². The molecule has 0 bridgehead atoms. The van der Waals surface area contributed by atoms with Gasteiger partial charge in [0.15, 0.2) is 34.9 Å². The third-order valence-corrected chi connectivity index (χ3v) is 20.7. The summed E-state index contributed by atoms with van der Waals surface area (Å²) in [5.74, 6) is 3.49. The van der Waals surface area contributed by atoms with Crippen LogP contribution in [0.3, 0.4) is 0 Å². The van der Waals surface area contributed by atoms with Crippen molar-refractivity contribution in [3.63, 3.8) is 0 Å². The molecule has 0 radical (unpaired) electrons. The van der Waals surface area contributed by atoms with Gasteiger partial charge in [-0.1, -0.05) is 243 Å². The zero-order chi connectivity index (χ0) is 71.5. The molecule has 0 atom stereocenters. The number of pyridine rings is 2. The minimum Gasteiger partial charge on any atom is -0.308 e. The fraction of sp³-hybridized carbons (Fsp3) is 0.0309. The minimum absolute atomic E-state index is 0.561. The molecule has 0 fully saturated rings. The second kappa shape index (κ2) is 26.9. The van der Waals surface area contributed by atoms with Crippen molar-refractivity contribution >= 4 is 43.6 Å². The highest BCUT2D eigenvalue weighted by Gasteiger charge is 2.26. The van der Waals surface area contributed by atoms with E-state index in [1.165, 1.54) is 22.3 Å². The maximum Gasteiger partial charge on any atom is 0.166 e. The van der Waals surface area contributed by atoms with Crippen LogP contribution in [0.15, 0.2) is 346 Å². The van der Waals surface area contributed by atoms with Gasteiger partial charge < -0.3 is 9.13 Å². The molecule has 107 heavy (non-hydrogen) atoms. The maximum atomic E-state index is 5.38. The van der Waals surface area contributed by atoms with Crippen LogP contribution in [0, 0.1) is 20.8 Å². The lowest BCUT2D eigenvalue weighted by Gasteiger charge is -2.18. The first-order valence-corrected chi connectivity index (χ1v) is 36.0. The predicted molar refractivity (Wildman–Crippen MR) is 437 cm³/mol. The average molecular weight is 1370 g/mol. The minimum atomic E-state index is 0.561. The van der Waals surface area contributed by atoms with Gasteiger partial charge in [-0.2, -0.15) is 0 Å². The quantitative estimate of drug-likeness (QED) is 0.106. The van der Waals surface area contributed by atoms with Crippen molar-refractivity contribution in [1.82, 2.24) is 49.0 Å². The zero-order valence-corrected chi connectivity index (χ0v) is 58.9. The van der Waals surface area contributed by atoms with Gasteiger partial charge >= 0.3 is 0 Å². The molecular weight excluding hydrogens is 1310 g/mol. The van der Waals surface area contributed by atoms with Crippen LogP contribution in [0.4, 0.5) is 0 Å². The van der Waals surface area contributed by atoms with Gasteiger partial charge in [0.2, 0.25) is 0 Å². The zero-order valence-electron chi connectivity index (χ0n) is 58.9. The Balaban J connectivity index is 0.775. The van der Waals surface area contributed by atoms with Crippen molar-refractivity contribution in [2.75, 3.05) is 0 Å². The van der Waals surface area contributed by atoms with Crippen LogP contribution in [0.1, 0.15) is 16.7 Å². The van der Waals surface area contributed by atoms with E-state index in [9.17, 15) is 0 Å². The number of rotatable bonds is 14. The first-order chi connectivity index (χ1) is 52.8. The molecule has 0 aliphatic rings. The summed E-state index contributed by atoms with van der Waals surface area (Å²) >= 11 is 0. The summed E-state index contributed by atoms with van der Waals surface area (Å²) in [4.78, 5) is 41.0. The van der Waals surface area contributed by atoms with Crippen LogP contribution in [0.25, 0.3) is 190 Å². The van der Waals surface area contributed by atoms with Gasteiger partial charge in [0.1, 0.15) is 0 Å². The molecule has 0 spiro atoms. The highest BCUT2D eigenvalue weighted by atomic mass is 15.1. The molecule has 0 aliphatic carbocycles. The number of fused-ring (bicyclic) bond motifs is 6. The third kappa shape index (κ3) is 11.7. The van der Waals surface area contributed by atoms with Crippen LogP contribution in [-0.4, -0.2) is 49.0 Å². The van der Waals surface area contributed by atoms with Gasteiger partial charge in [-0.3, -0.25) is 9.97 Å². The Kier molecular flexibility index (Phi) is 16.0. The van der Waals surface area contributed by atoms with Gasteiger partial charge in [0.25, 0.3) is 0 Å². The van der Waals surface area contributed by atoms with Crippen molar-refractivity contribution in [1.29, 1.82) is 0 Å². The molecule has 0 N–H and O–H groups in total. The number of aryl methyl sites for hydroxylation is 3. The molecule has 6 aromatic heterocycles. The molecule has 19 rings (SSSR count). The maximum absolute atomic E-state index is 5.38. The molecule has 0 saturated heterocycles. The molecule has 0 unspecified atom stereocenters. The summed E-state index contributed by atoms with van der Waals surface area (Å²) in [6, 6.07) is 114. The van der Waals surface area contributed by atoms with E-state index >= 15 is 0 Å². The van der Waals surface area contributed by atoms with Crippen molar-refractivity contribution in [2.24, 2.45) is 0 Å². The second-order valence-corrected chi connectivity index (χ2v) is 27.2. The van der Waals surface area contributed by atoms with Crippen LogP contribution in [0.2, 0.25) is 0 Å². The molecule has 13 aromatic carbocycles. The van der Waals surface area contributed by atoms with E-state index in [4.69, 9.17) is 34.9 Å². The third-order valence-electron chi connectivity index (χ3n) is 20.7. The van der Waals surface area contributed by atoms with Crippen molar-refractivity contribution in [3.8, 4) is 146 Å². The standard InChI is InChI=1S/C97H66N10/c1-61-22-16-18-32-75(61)71-40-46-87-83(55-71)84-56-72(41-47-88(84)106(87)90-57-69(64-48-51-98-52-49-64)36-44-81(90)96-102-92(65-24-8-4-9-25-65)100-93(103-96)66-26-10-5-11-27-66)77-42-37-70(54-63(77)3)85-60-99-53-50-78(85)74-39-45-82(97-104-94(67-28-12-6-13-29-67)101-95(105-97)68-30-14-7-15-31-68)91(59-74)107-86-35-21-20-34-79(86)80-43-38-73(58-89(80)107)76-33-19-17-23-62(76)2/h4-60H,1-3H3.